The zero-order chi connectivity index (χ0) is 19.5. The van der Waals surface area contributed by atoms with Crippen LogP contribution in [0, 0.1) is 0 Å². The van der Waals surface area contributed by atoms with Crippen molar-refractivity contribution >= 4 is 45.7 Å². The SMILES string of the molecule is Clc1ccc(Cn2cc(CNCc3ccccc3Cl)c3ccccc32)cc1Cl. The van der Waals surface area contributed by atoms with Gasteiger partial charge in [-0.15, -0.1) is 0 Å². The van der Waals surface area contributed by atoms with Crippen molar-refractivity contribution in [1.29, 1.82) is 0 Å². The predicted octanol–water partition coefficient (Wildman–Crippen LogP) is 6.94. The third kappa shape index (κ3) is 4.21. The van der Waals surface area contributed by atoms with Gasteiger partial charge in [0.05, 0.1) is 10.0 Å². The molecule has 0 aliphatic rings. The number of nitrogens with zero attached hydrogens (tertiary/aromatic N) is 1. The van der Waals surface area contributed by atoms with Crippen molar-refractivity contribution in [1.82, 2.24) is 9.88 Å². The van der Waals surface area contributed by atoms with Crippen LogP contribution in [-0.2, 0) is 19.6 Å². The molecule has 4 rings (SSSR count). The van der Waals surface area contributed by atoms with Gasteiger partial charge in [-0.05, 0) is 41.0 Å². The first-order valence-corrected chi connectivity index (χ1v) is 10.2. The second-order valence-electron chi connectivity index (χ2n) is 6.74. The fraction of sp³-hybridized carbons (Fsp3) is 0.130. The molecule has 0 bridgehead atoms. The molecule has 1 heterocycles. The van der Waals surface area contributed by atoms with E-state index in [0.717, 1.165) is 35.8 Å². The van der Waals surface area contributed by atoms with Crippen LogP contribution in [0.15, 0.2) is 72.9 Å². The number of para-hydroxylation sites is 1. The first-order chi connectivity index (χ1) is 13.6. The van der Waals surface area contributed by atoms with Crippen LogP contribution >= 0.6 is 34.8 Å². The van der Waals surface area contributed by atoms with E-state index in [1.807, 2.05) is 42.5 Å². The molecule has 0 saturated heterocycles. The fourth-order valence-electron chi connectivity index (χ4n) is 3.40. The Morgan fingerprint density at radius 3 is 2.29 bits per heavy atom. The van der Waals surface area contributed by atoms with Crippen LogP contribution in [-0.4, -0.2) is 4.57 Å². The van der Waals surface area contributed by atoms with E-state index in [2.05, 4.69) is 40.3 Å². The number of rotatable bonds is 6. The molecular weight excluding hydrogens is 411 g/mol. The molecule has 1 aromatic heterocycles. The quantitative estimate of drug-likeness (QED) is 0.351. The van der Waals surface area contributed by atoms with Gasteiger partial charge in [-0.1, -0.05) is 77.3 Å². The number of benzene rings is 3. The molecule has 4 aromatic rings. The van der Waals surface area contributed by atoms with Crippen LogP contribution < -0.4 is 5.32 Å². The fourth-order valence-corrected chi connectivity index (χ4v) is 3.93. The summed E-state index contributed by atoms with van der Waals surface area (Å²) in [5.74, 6) is 0. The Morgan fingerprint density at radius 2 is 1.46 bits per heavy atom. The van der Waals surface area contributed by atoms with Crippen molar-refractivity contribution in [3.8, 4) is 0 Å². The third-order valence-electron chi connectivity index (χ3n) is 4.80. The second kappa shape index (κ2) is 8.59. The minimum Gasteiger partial charge on any atom is -0.343 e. The summed E-state index contributed by atoms with van der Waals surface area (Å²) in [6.45, 7) is 2.23. The highest BCUT2D eigenvalue weighted by molar-refractivity contribution is 6.42. The lowest BCUT2D eigenvalue weighted by molar-refractivity contribution is 0.692. The number of hydrogen-bond donors (Lipinski definition) is 1. The molecule has 0 saturated carbocycles. The van der Waals surface area contributed by atoms with E-state index >= 15 is 0 Å². The normalized spacial score (nSPS) is 11.2. The first kappa shape index (κ1) is 19.4. The average Bonchev–Trinajstić information content (AvgIpc) is 3.04. The Morgan fingerprint density at radius 1 is 0.714 bits per heavy atom. The summed E-state index contributed by atoms with van der Waals surface area (Å²) in [5.41, 5.74) is 4.67. The van der Waals surface area contributed by atoms with Crippen molar-refractivity contribution in [2.75, 3.05) is 0 Å². The maximum atomic E-state index is 6.26. The monoisotopic (exact) mass is 428 g/mol. The molecule has 0 atom stereocenters. The van der Waals surface area contributed by atoms with Crippen molar-refractivity contribution in [2.24, 2.45) is 0 Å². The van der Waals surface area contributed by atoms with Crippen LogP contribution in [0.4, 0.5) is 0 Å². The topological polar surface area (TPSA) is 17.0 Å². The summed E-state index contributed by atoms with van der Waals surface area (Å²) < 4.78 is 2.25. The van der Waals surface area contributed by atoms with Gasteiger partial charge in [-0.2, -0.15) is 0 Å². The lowest BCUT2D eigenvalue weighted by atomic mass is 10.1. The summed E-state index contributed by atoms with van der Waals surface area (Å²) in [6, 6.07) is 22.1. The van der Waals surface area contributed by atoms with Crippen LogP contribution in [0.3, 0.4) is 0 Å². The van der Waals surface area contributed by atoms with Crippen molar-refractivity contribution in [3.05, 3.63) is 105 Å². The summed E-state index contributed by atoms with van der Waals surface area (Å²) in [4.78, 5) is 0. The molecule has 2 nitrogen and oxygen atoms in total. The highest BCUT2D eigenvalue weighted by Gasteiger charge is 2.09. The smallest absolute Gasteiger partial charge is 0.0595 e. The minimum absolute atomic E-state index is 0.576. The van der Waals surface area contributed by atoms with Gasteiger partial charge in [0, 0.05) is 41.8 Å². The van der Waals surface area contributed by atoms with Gasteiger partial charge in [-0.3, -0.25) is 0 Å². The molecule has 1 N–H and O–H groups in total. The van der Waals surface area contributed by atoms with Gasteiger partial charge in [0.1, 0.15) is 0 Å². The van der Waals surface area contributed by atoms with Crippen molar-refractivity contribution in [3.63, 3.8) is 0 Å². The molecular formula is C23H19Cl3N2. The van der Waals surface area contributed by atoms with Crippen LogP contribution in [0.5, 0.6) is 0 Å². The van der Waals surface area contributed by atoms with Crippen molar-refractivity contribution in [2.45, 2.75) is 19.6 Å². The second-order valence-corrected chi connectivity index (χ2v) is 7.96. The van der Waals surface area contributed by atoms with E-state index in [1.54, 1.807) is 0 Å². The van der Waals surface area contributed by atoms with E-state index < -0.39 is 0 Å². The molecule has 142 valence electrons. The molecule has 0 radical (unpaired) electrons. The highest BCUT2D eigenvalue weighted by atomic mass is 35.5. The Bertz CT molecular complexity index is 1120. The minimum atomic E-state index is 0.576. The summed E-state index contributed by atoms with van der Waals surface area (Å²) in [6.07, 6.45) is 2.20. The van der Waals surface area contributed by atoms with E-state index in [4.69, 9.17) is 34.8 Å². The van der Waals surface area contributed by atoms with Crippen LogP contribution in [0.1, 0.15) is 16.7 Å². The molecule has 0 amide bonds. The Labute approximate surface area is 179 Å². The largest absolute Gasteiger partial charge is 0.343 e. The Balaban J connectivity index is 1.56. The molecule has 0 unspecified atom stereocenters. The maximum absolute atomic E-state index is 6.26. The average molecular weight is 430 g/mol. The molecule has 5 heteroatoms. The van der Waals surface area contributed by atoms with Crippen LogP contribution in [0.25, 0.3) is 10.9 Å². The number of aromatic nitrogens is 1. The van der Waals surface area contributed by atoms with E-state index in [0.29, 0.717) is 10.0 Å². The lowest BCUT2D eigenvalue weighted by Gasteiger charge is -2.07. The summed E-state index contributed by atoms with van der Waals surface area (Å²) in [5, 5.41) is 6.70. The van der Waals surface area contributed by atoms with Crippen LogP contribution in [0.2, 0.25) is 15.1 Å². The Hall–Kier alpha value is -1.97. The lowest BCUT2D eigenvalue weighted by Crippen LogP contribution is -2.12. The molecule has 28 heavy (non-hydrogen) atoms. The Kier molecular flexibility index (Phi) is 5.93. The van der Waals surface area contributed by atoms with Gasteiger partial charge in [0.25, 0.3) is 0 Å². The van der Waals surface area contributed by atoms with Gasteiger partial charge in [-0.25, -0.2) is 0 Å². The summed E-state index contributed by atoms with van der Waals surface area (Å²) >= 11 is 18.5. The van der Waals surface area contributed by atoms with Crippen molar-refractivity contribution < 1.29 is 0 Å². The van der Waals surface area contributed by atoms with Gasteiger partial charge >= 0.3 is 0 Å². The number of nitrogens with one attached hydrogen (secondary N) is 1. The molecule has 0 spiro atoms. The van der Waals surface area contributed by atoms with Gasteiger partial charge < -0.3 is 9.88 Å². The van der Waals surface area contributed by atoms with Gasteiger partial charge in [0.2, 0.25) is 0 Å². The van der Waals surface area contributed by atoms with E-state index in [9.17, 15) is 0 Å². The molecule has 0 aliphatic heterocycles. The molecule has 0 fully saturated rings. The number of hydrogen-bond acceptors (Lipinski definition) is 1. The zero-order valence-corrected chi connectivity index (χ0v) is 17.4. The predicted molar refractivity (Wildman–Crippen MR) is 119 cm³/mol. The zero-order valence-electron chi connectivity index (χ0n) is 15.1. The number of halogens is 3. The number of fused-ring (bicyclic) bond motifs is 1. The summed E-state index contributed by atoms with van der Waals surface area (Å²) in [7, 11) is 0. The highest BCUT2D eigenvalue weighted by Crippen LogP contribution is 2.26. The van der Waals surface area contributed by atoms with E-state index in [1.165, 1.54) is 16.5 Å². The molecule has 3 aromatic carbocycles. The first-order valence-electron chi connectivity index (χ1n) is 9.06. The standard InChI is InChI=1S/C23H19Cl3N2/c24-20-7-3-1-5-17(20)12-27-13-18-15-28(23-8-4-2-6-19(18)23)14-16-9-10-21(25)22(26)11-16/h1-11,15,27H,12-14H2. The third-order valence-corrected chi connectivity index (χ3v) is 5.90. The molecule has 0 aliphatic carbocycles. The maximum Gasteiger partial charge on any atom is 0.0595 e. The van der Waals surface area contributed by atoms with E-state index in [-0.39, 0.29) is 0 Å². The van der Waals surface area contributed by atoms with Gasteiger partial charge in [0.15, 0.2) is 0 Å².